The first kappa shape index (κ1) is 11.1. The van der Waals surface area contributed by atoms with Gasteiger partial charge in [-0.05, 0) is 6.42 Å². The van der Waals surface area contributed by atoms with Crippen LogP contribution < -0.4 is 0 Å². The van der Waals surface area contributed by atoms with Gasteiger partial charge in [-0.3, -0.25) is 4.18 Å². The molecular weight excluding hydrogens is 208 g/mol. The van der Waals surface area contributed by atoms with E-state index in [0.717, 1.165) is 6.26 Å². The number of rotatable bonds is 5. The summed E-state index contributed by atoms with van der Waals surface area (Å²) in [6.45, 7) is 0.156. The molecule has 6 heteroatoms. The lowest BCUT2D eigenvalue weighted by atomic mass is 10.3. The predicted molar refractivity (Wildman–Crippen MR) is 49.4 cm³/mol. The van der Waals surface area contributed by atoms with Crippen LogP contribution in [0.2, 0.25) is 0 Å². The third-order valence-corrected chi connectivity index (χ3v) is 2.01. The first-order chi connectivity index (χ1) is 6.58. The number of allylic oxidation sites excluding steroid dienone is 1. The summed E-state index contributed by atoms with van der Waals surface area (Å²) in [7, 11) is -3.33. The molecule has 1 aliphatic rings. The molecule has 0 spiro atoms. The number of ether oxygens (including phenoxy) is 2. The summed E-state index contributed by atoms with van der Waals surface area (Å²) in [6, 6.07) is 0. The van der Waals surface area contributed by atoms with Crippen molar-refractivity contribution in [3.8, 4) is 0 Å². The van der Waals surface area contributed by atoms with Gasteiger partial charge < -0.3 is 9.47 Å². The number of hydrogen-bond donors (Lipinski definition) is 0. The molecule has 0 unspecified atom stereocenters. The molecule has 0 aliphatic carbocycles. The highest BCUT2D eigenvalue weighted by Gasteiger charge is 2.04. The van der Waals surface area contributed by atoms with Gasteiger partial charge in [-0.2, -0.15) is 8.42 Å². The highest BCUT2D eigenvalue weighted by molar-refractivity contribution is 7.85. The molecule has 0 fully saturated rings. The van der Waals surface area contributed by atoms with Crippen molar-refractivity contribution in [1.29, 1.82) is 0 Å². The highest BCUT2D eigenvalue weighted by Crippen LogP contribution is 2.11. The second-order valence-electron chi connectivity index (χ2n) is 2.74. The van der Waals surface area contributed by atoms with Crippen LogP contribution in [0.15, 0.2) is 24.5 Å². The zero-order valence-corrected chi connectivity index (χ0v) is 8.62. The van der Waals surface area contributed by atoms with E-state index in [1.54, 1.807) is 0 Å². The van der Waals surface area contributed by atoms with Crippen LogP contribution in [0.3, 0.4) is 0 Å². The fraction of sp³-hybridized carbons (Fsp3) is 0.500. The van der Waals surface area contributed by atoms with Gasteiger partial charge in [0.25, 0.3) is 10.1 Å². The van der Waals surface area contributed by atoms with Gasteiger partial charge in [0, 0.05) is 6.42 Å². The molecule has 0 N–H and O–H groups in total. The van der Waals surface area contributed by atoms with Gasteiger partial charge in [0.1, 0.15) is 24.5 Å². The molecule has 0 aromatic rings. The van der Waals surface area contributed by atoms with E-state index < -0.39 is 10.1 Å². The molecule has 0 amide bonds. The van der Waals surface area contributed by atoms with Crippen molar-refractivity contribution < 1.29 is 22.1 Å². The molecule has 0 radical (unpaired) electrons. The van der Waals surface area contributed by atoms with Gasteiger partial charge in [0.15, 0.2) is 0 Å². The minimum atomic E-state index is -3.33. The molecule has 0 saturated heterocycles. The summed E-state index contributed by atoms with van der Waals surface area (Å²) in [5.74, 6) is 0.657. The van der Waals surface area contributed by atoms with Crippen molar-refractivity contribution in [3.05, 3.63) is 24.5 Å². The van der Waals surface area contributed by atoms with Gasteiger partial charge in [-0.1, -0.05) is 0 Å². The molecule has 1 aliphatic heterocycles. The monoisotopic (exact) mass is 220 g/mol. The smallest absolute Gasteiger partial charge is 0.264 e. The fourth-order valence-electron chi connectivity index (χ4n) is 0.865. The SMILES string of the molecule is CS(=O)(=O)OCCCC1=COC=CO1. The highest BCUT2D eigenvalue weighted by atomic mass is 32.2. The normalized spacial score (nSPS) is 15.6. The van der Waals surface area contributed by atoms with E-state index in [-0.39, 0.29) is 6.61 Å². The quantitative estimate of drug-likeness (QED) is 0.513. The zero-order chi connectivity index (χ0) is 10.4. The van der Waals surface area contributed by atoms with Crippen molar-refractivity contribution in [2.75, 3.05) is 12.9 Å². The van der Waals surface area contributed by atoms with E-state index in [1.165, 1.54) is 18.8 Å². The predicted octanol–water partition coefficient (Wildman–Crippen LogP) is 1.10. The molecule has 0 aromatic heterocycles. The average Bonchev–Trinajstić information content (AvgIpc) is 2.13. The standard InChI is InChI=1S/C8H12O5S/c1-14(9,10)13-4-2-3-8-7-11-5-6-12-8/h5-7H,2-4H2,1H3. The van der Waals surface area contributed by atoms with E-state index in [2.05, 4.69) is 4.18 Å². The molecular formula is C8H12O5S. The van der Waals surface area contributed by atoms with Crippen molar-refractivity contribution in [1.82, 2.24) is 0 Å². The first-order valence-corrected chi connectivity index (χ1v) is 5.90. The molecule has 0 aromatic carbocycles. The van der Waals surface area contributed by atoms with Crippen molar-refractivity contribution in [2.45, 2.75) is 12.8 Å². The molecule has 0 saturated carbocycles. The van der Waals surface area contributed by atoms with Crippen LogP contribution in [0.4, 0.5) is 0 Å². The van der Waals surface area contributed by atoms with Gasteiger partial charge in [0.2, 0.25) is 0 Å². The van der Waals surface area contributed by atoms with Crippen LogP contribution in [0.25, 0.3) is 0 Å². The van der Waals surface area contributed by atoms with Gasteiger partial charge in [0.05, 0.1) is 12.9 Å². The lowest BCUT2D eigenvalue weighted by Gasteiger charge is -2.08. The lowest BCUT2D eigenvalue weighted by molar-refractivity contribution is 0.236. The maximum atomic E-state index is 10.6. The van der Waals surface area contributed by atoms with Crippen LogP contribution in [0.1, 0.15) is 12.8 Å². The Morgan fingerprint density at radius 2 is 2.21 bits per heavy atom. The van der Waals surface area contributed by atoms with Gasteiger partial charge in [-0.25, -0.2) is 0 Å². The lowest BCUT2D eigenvalue weighted by Crippen LogP contribution is -2.04. The molecule has 1 heterocycles. The fourth-order valence-corrected chi connectivity index (χ4v) is 1.29. The van der Waals surface area contributed by atoms with E-state index >= 15 is 0 Å². The Balaban J connectivity index is 2.13. The third kappa shape index (κ3) is 4.88. The van der Waals surface area contributed by atoms with Crippen molar-refractivity contribution >= 4 is 10.1 Å². The minimum absolute atomic E-state index is 0.156. The number of hydrogen-bond acceptors (Lipinski definition) is 5. The molecule has 1 rings (SSSR count). The Kier molecular flexibility index (Phi) is 3.97. The summed E-state index contributed by atoms with van der Waals surface area (Å²) in [5.41, 5.74) is 0. The van der Waals surface area contributed by atoms with Gasteiger partial charge in [-0.15, -0.1) is 0 Å². The van der Waals surface area contributed by atoms with Crippen LogP contribution >= 0.6 is 0 Å². The minimum Gasteiger partial charge on any atom is -0.466 e. The van der Waals surface area contributed by atoms with E-state index in [1.807, 2.05) is 0 Å². The Morgan fingerprint density at radius 3 is 2.79 bits per heavy atom. The van der Waals surface area contributed by atoms with E-state index in [4.69, 9.17) is 9.47 Å². The summed E-state index contributed by atoms with van der Waals surface area (Å²) in [6.07, 6.45) is 6.48. The third-order valence-electron chi connectivity index (χ3n) is 1.42. The molecule has 0 atom stereocenters. The van der Waals surface area contributed by atoms with E-state index in [0.29, 0.717) is 18.6 Å². The van der Waals surface area contributed by atoms with Crippen molar-refractivity contribution in [3.63, 3.8) is 0 Å². The summed E-state index contributed by atoms with van der Waals surface area (Å²) < 4.78 is 35.6. The summed E-state index contributed by atoms with van der Waals surface area (Å²) in [4.78, 5) is 0. The first-order valence-electron chi connectivity index (χ1n) is 4.08. The average molecular weight is 220 g/mol. The second kappa shape index (κ2) is 5.02. The molecule has 0 bridgehead atoms. The van der Waals surface area contributed by atoms with Crippen LogP contribution in [-0.4, -0.2) is 21.3 Å². The maximum Gasteiger partial charge on any atom is 0.264 e. The molecule has 14 heavy (non-hydrogen) atoms. The van der Waals surface area contributed by atoms with Crippen molar-refractivity contribution in [2.24, 2.45) is 0 Å². The summed E-state index contributed by atoms with van der Waals surface area (Å²) >= 11 is 0. The Bertz CT molecular complexity index is 328. The maximum absolute atomic E-state index is 10.6. The van der Waals surface area contributed by atoms with Crippen LogP contribution in [-0.2, 0) is 23.8 Å². The molecule has 5 nitrogen and oxygen atoms in total. The van der Waals surface area contributed by atoms with Crippen LogP contribution in [0, 0.1) is 0 Å². The Hall–Kier alpha value is -1.01. The van der Waals surface area contributed by atoms with Crippen LogP contribution in [0.5, 0.6) is 0 Å². The largest absolute Gasteiger partial charge is 0.466 e. The molecule has 80 valence electrons. The van der Waals surface area contributed by atoms with Gasteiger partial charge >= 0.3 is 0 Å². The Labute approximate surface area is 83.1 Å². The topological polar surface area (TPSA) is 61.8 Å². The van der Waals surface area contributed by atoms with E-state index in [9.17, 15) is 8.42 Å². The summed E-state index contributed by atoms with van der Waals surface area (Å²) in [5, 5.41) is 0. The second-order valence-corrected chi connectivity index (χ2v) is 4.38. The Morgan fingerprint density at radius 1 is 1.43 bits per heavy atom. The zero-order valence-electron chi connectivity index (χ0n) is 7.80.